The molecule has 0 saturated carbocycles. The Balaban J connectivity index is 2.04. The molecule has 22 heavy (non-hydrogen) atoms. The molecule has 0 fully saturated rings. The molecule has 6 heteroatoms. The quantitative estimate of drug-likeness (QED) is 0.775. The number of nitrogens with two attached hydrogens (primary N) is 1. The standard InChI is InChI=1S/C16H12ClN3O2/c17-12-3-1-10(2-4-12)13-8-20(9-14(13)18)15-7-11(16(21)22)5-6-19-15/h1-9H,18H2,(H,21,22). The summed E-state index contributed by atoms with van der Waals surface area (Å²) in [4.78, 5) is 15.2. The molecule has 0 radical (unpaired) electrons. The zero-order chi connectivity index (χ0) is 15.7. The number of nitrogen functional groups attached to an aromatic ring is 1. The maximum atomic E-state index is 11.0. The van der Waals surface area contributed by atoms with E-state index in [1.807, 2.05) is 18.3 Å². The fraction of sp³-hybridized carbons (Fsp3) is 0. The van der Waals surface area contributed by atoms with E-state index in [4.69, 9.17) is 22.4 Å². The zero-order valence-electron chi connectivity index (χ0n) is 11.4. The first-order valence-corrected chi connectivity index (χ1v) is 6.85. The number of halogens is 1. The highest BCUT2D eigenvalue weighted by Gasteiger charge is 2.10. The van der Waals surface area contributed by atoms with Crippen molar-refractivity contribution in [1.82, 2.24) is 9.55 Å². The van der Waals surface area contributed by atoms with Gasteiger partial charge in [-0.15, -0.1) is 0 Å². The van der Waals surface area contributed by atoms with Crippen molar-refractivity contribution >= 4 is 23.3 Å². The summed E-state index contributed by atoms with van der Waals surface area (Å²) in [7, 11) is 0. The predicted molar refractivity (Wildman–Crippen MR) is 85.4 cm³/mol. The summed E-state index contributed by atoms with van der Waals surface area (Å²) in [6.45, 7) is 0. The minimum Gasteiger partial charge on any atom is -0.478 e. The lowest BCUT2D eigenvalue weighted by atomic mass is 10.1. The molecule has 0 atom stereocenters. The van der Waals surface area contributed by atoms with Crippen molar-refractivity contribution in [1.29, 1.82) is 0 Å². The summed E-state index contributed by atoms with van der Waals surface area (Å²) in [6.07, 6.45) is 4.97. The summed E-state index contributed by atoms with van der Waals surface area (Å²) < 4.78 is 1.70. The molecule has 0 bridgehead atoms. The van der Waals surface area contributed by atoms with Crippen molar-refractivity contribution in [2.24, 2.45) is 0 Å². The number of rotatable bonds is 3. The summed E-state index contributed by atoms with van der Waals surface area (Å²) in [5.74, 6) is -0.506. The van der Waals surface area contributed by atoms with Crippen LogP contribution in [0.2, 0.25) is 5.02 Å². The average Bonchev–Trinajstić information content (AvgIpc) is 2.90. The van der Waals surface area contributed by atoms with E-state index >= 15 is 0 Å². The van der Waals surface area contributed by atoms with Crippen LogP contribution in [0, 0.1) is 0 Å². The van der Waals surface area contributed by atoms with E-state index < -0.39 is 5.97 Å². The number of anilines is 1. The fourth-order valence-electron chi connectivity index (χ4n) is 2.17. The summed E-state index contributed by atoms with van der Waals surface area (Å²) in [6, 6.07) is 10.3. The van der Waals surface area contributed by atoms with Crippen LogP contribution in [0.4, 0.5) is 5.69 Å². The maximum Gasteiger partial charge on any atom is 0.335 e. The van der Waals surface area contributed by atoms with E-state index in [2.05, 4.69) is 4.98 Å². The highest BCUT2D eigenvalue weighted by atomic mass is 35.5. The number of hydrogen-bond acceptors (Lipinski definition) is 3. The first-order chi connectivity index (χ1) is 10.5. The van der Waals surface area contributed by atoms with Gasteiger partial charge in [-0.1, -0.05) is 23.7 Å². The van der Waals surface area contributed by atoms with E-state index in [0.29, 0.717) is 16.5 Å². The second-order valence-corrected chi connectivity index (χ2v) is 5.19. The number of aromatic carboxylic acids is 1. The van der Waals surface area contributed by atoms with E-state index in [1.165, 1.54) is 18.3 Å². The fourth-order valence-corrected chi connectivity index (χ4v) is 2.29. The molecule has 5 nitrogen and oxygen atoms in total. The predicted octanol–water partition coefficient (Wildman–Crippen LogP) is 3.47. The molecule has 0 unspecified atom stereocenters. The van der Waals surface area contributed by atoms with Crippen molar-refractivity contribution in [2.45, 2.75) is 0 Å². The Kier molecular flexibility index (Phi) is 3.56. The van der Waals surface area contributed by atoms with Crippen molar-refractivity contribution < 1.29 is 9.90 Å². The van der Waals surface area contributed by atoms with Gasteiger partial charge in [0.1, 0.15) is 5.82 Å². The number of carbonyl (C=O) groups is 1. The van der Waals surface area contributed by atoms with Crippen molar-refractivity contribution in [3.63, 3.8) is 0 Å². The van der Waals surface area contributed by atoms with Crippen LogP contribution >= 0.6 is 11.6 Å². The largest absolute Gasteiger partial charge is 0.478 e. The van der Waals surface area contributed by atoms with Crippen LogP contribution < -0.4 is 5.73 Å². The van der Waals surface area contributed by atoms with Crippen LogP contribution in [0.1, 0.15) is 10.4 Å². The smallest absolute Gasteiger partial charge is 0.335 e. The van der Waals surface area contributed by atoms with Crippen LogP contribution in [0.25, 0.3) is 16.9 Å². The third-order valence-electron chi connectivity index (χ3n) is 3.27. The topological polar surface area (TPSA) is 81.1 Å². The molecule has 2 aromatic heterocycles. The molecule has 0 amide bonds. The Morgan fingerprint density at radius 1 is 1.18 bits per heavy atom. The SMILES string of the molecule is Nc1cn(-c2cc(C(=O)O)ccn2)cc1-c1ccc(Cl)cc1. The van der Waals surface area contributed by atoms with Crippen LogP contribution in [-0.2, 0) is 0 Å². The van der Waals surface area contributed by atoms with Gasteiger partial charge in [0.15, 0.2) is 0 Å². The Hall–Kier alpha value is -2.79. The van der Waals surface area contributed by atoms with Crippen LogP contribution in [-0.4, -0.2) is 20.6 Å². The summed E-state index contributed by atoms with van der Waals surface area (Å²) in [5, 5.41) is 9.70. The summed E-state index contributed by atoms with van der Waals surface area (Å²) in [5.41, 5.74) is 8.55. The van der Waals surface area contributed by atoms with Gasteiger partial charge in [0.05, 0.1) is 11.3 Å². The van der Waals surface area contributed by atoms with Gasteiger partial charge >= 0.3 is 5.97 Å². The molecule has 3 rings (SSSR count). The number of pyridine rings is 1. The second-order valence-electron chi connectivity index (χ2n) is 4.75. The molecule has 0 saturated heterocycles. The molecular formula is C16H12ClN3O2. The molecule has 0 aliphatic rings. The Bertz CT molecular complexity index is 841. The molecule has 3 aromatic rings. The number of hydrogen-bond donors (Lipinski definition) is 2. The Labute approximate surface area is 131 Å². The lowest BCUT2D eigenvalue weighted by Crippen LogP contribution is -2.00. The zero-order valence-corrected chi connectivity index (χ0v) is 12.2. The van der Waals surface area contributed by atoms with Crippen molar-refractivity contribution in [2.75, 3.05) is 5.73 Å². The Morgan fingerprint density at radius 3 is 2.59 bits per heavy atom. The average molecular weight is 314 g/mol. The van der Waals surface area contributed by atoms with Crippen molar-refractivity contribution in [3.05, 3.63) is 65.6 Å². The molecule has 0 spiro atoms. The molecule has 0 aliphatic carbocycles. The first kappa shape index (κ1) is 14.2. The number of carboxylic acid groups (broad SMARTS) is 1. The molecular weight excluding hydrogens is 302 g/mol. The number of aromatic nitrogens is 2. The van der Waals surface area contributed by atoms with E-state index in [9.17, 15) is 4.79 Å². The number of nitrogens with zero attached hydrogens (tertiary/aromatic N) is 2. The lowest BCUT2D eigenvalue weighted by molar-refractivity contribution is 0.0696. The van der Waals surface area contributed by atoms with Gasteiger partial charge in [0.2, 0.25) is 0 Å². The summed E-state index contributed by atoms with van der Waals surface area (Å²) >= 11 is 5.89. The van der Waals surface area contributed by atoms with Gasteiger partial charge in [0, 0.05) is 29.2 Å². The minimum absolute atomic E-state index is 0.172. The second kappa shape index (κ2) is 5.54. The molecule has 110 valence electrons. The highest BCUT2D eigenvalue weighted by Crippen LogP contribution is 2.29. The molecule has 3 N–H and O–H groups in total. The van der Waals surface area contributed by atoms with Gasteiger partial charge < -0.3 is 15.4 Å². The van der Waals surface area contributed by atoms with E-state index in [0.717, 1.165) is 11.1 Å². The Morgan fingerprint density at radius 2 is 1.91 bits per heavy atom. The maximum absolute atomic E-state index is 11.0. The van der Waals surface area contributed by atoms with Gasteiger partial charge in [-0.25, -0.2) is 9.78 Å². The van der Waals surface area contributed by atoms with Crippen molar-refractivity contribution in [3.8, 4) is 16.9 Å². The van der Waals surface area contributed by atoms with Crippen LogP contribution in [0.15, 0.2) is 55.0 Å². The number of benzene rings is 1. The van der Waals surface area contributed by atoms with Gasteiger partial charge in [0.25, 0.3) is 0 Å². The van der Waals surface area contributed by atoms with E-state index in [1.54, 1.807) is 22.9 Å². The molecule has 2 heterocycles. The van der Waals surface area contributed by atoms with Crippen LogP contribution in [0.3, 0.4) is 0 Å². The molecule has 0 aliphatic heterocycles. The van der Waals surface area contributed by atoms with Gasteiger partial charge in [-0.05, 0) is 29.8 Å². The van der Waals surface area contributed by atoms with Gasteiger partial charge in [-0.2, -0.15) is 0 Å². The monoisotopic (exact) mass is 313 g/mol. The normalized spacial score (nSPS) is 10.6. The number of carboxylic acids is 1. The van der Waals surface area contributed by atoms with Gasteiger partial charge in [-0.3, -0.25) is 0 Å². The first-order valence-electron chi connectivity index (χ1n) is 6.48. The minimum atomic E-state index is -0.998. The third-order valence-corrected chi connectivity index (χ3v) is 3.52. The lowest BCUT2D eigenvalue weighted by Gasteiger charge is -2.02. The highest BCUT2D eigenvalue weighted by molar-refractivity contribution is 6.30. The third kappa shape index (κ3) is 2.66. The molecule has 1 aromatic carbocycles. The van der Waals surface area contributed by atoms with Crippen LogP contribution in [0.5, 0.6) is 0 Å². The van der Waals surface area contributed by atoms with E-state index in [-0.39, 0.29) is 5.56 Å².